The zero-order valence-electron chi connectivity index (χ0n) is 20.1. The first-order valence-electron chi connectivity index (χ1n) is 12.0. The molecule has 3 aromatic carbocycles. The molecule has 1 N–H and O–H groups in total. The predicted molar refractivity (Wildman–Crippen MR) is 143 cm³/mol. The number of β-lactam (4-membered cyclic amide) rings is 1. The van der Waals surface area contributed by atoms with Gasteiger partial charge in [0, 0.05) is 5.75 Å². The molecule has 2 atom stereocenters. The summed E-state index contributed by atoms with van der Waals surface area (Å²) in [6.45, 7) is 3.85. The van der Waals surface area contributed by atoms with Gasteiger partial charge in [0.25, 0.3) is 5.91 Å². The molecule has 7 heteroatoms. The maximum absolute atomic E-state index is 13.6. The van der Waals surface area contributed by atoms with Crippen LogP contribution in [0.5, 0.6) is 0 Å². The molecule has 1 fully saturated rings. The molecule has 1 saturated heterocycles. The highest BCUT2D eigenvalue weighted by molar-refractivity contribution is 8.00. The van der Waals surface area contributed by atoms with Crippen LogP contribution in [0.2, 0.25) is 0 Å². The Balaban J connectivity index is 1.35. The Bertz CT molecular complexity index is 1300. The Kier molecular flexibility index (Phi) is 7.23. The summed E-state index contributed by atoms with van der Waals surface area (Å²) in [6.07, 6.45) is 1.13. The summed E-state index contributed by atoms with van der Waals surface area (Å²) in [5.41, 5.74) is 3.34. The quantitative estimate of drug-likeness (QED) is 0.359. The SMILES string of the molecule is C=CC1=C(C(=O)OC(c2ccccc2)c2ccccc2)N2C(=O)[C@@H](NC(=O)Cc3ccccc3)[C@H]2SC1. The van der Waals surface area contributed by atoms with E-state index >= 15 is 0 Å². The number of carbonyl (C=O) groups is 3. The molecule has 0 aliphatic carbocycles. The lowest BCUT2D eigenvalue weighted by molar-refractivity contribution is -0.154. The number of hydrogen-bond donors (Lipinski definition) is 1. The molecular formula is C30H26N2O4S. The number of rotatable bonds is 8. The first-order valence-corrected chi connectivity index (χ1v) is 13.1. The number of amides is 2. The zero-order chi connectivity index (χ0) is 25.8. The van der Waals surface area contributed by atoms with Crippen LogP contribution in [-0.2, 0) is 25.5 Å². The molecular weight excluding hydrogens is 484 g/mol. The van der Waals surface area contributed by atoms with Crippen molar-refractivity contribution < 1.29 is 19.1 Å². The van der Waals surface area contributed by atoms with Crippen LogP contribution < -0.4 is 5.32 Å². The standard InChI is InChI=1S/C30H26N2O4S/c1-2-21-19-37-29-25(31-24(33)18-20-12-6-3-7-13-20)28(34)32(29)26(21)30(35)36-27(22-14-8-4-9-15-22)23-16-10-5-11-17-23/h2-17,25,27,29H,1,18-19H2,(H,31,33)/t25-,29-/m1/s1. The second-order valence-corrected chi connectivity index (χ2v) is 9.91. The lowest BCUT2D eigenvalue weighted by Crippen LogP contribution is -2.70. The van der Waals surface area contributed by atoms with E-state index in [0.29, 0.717) is 11.3 Å². The van der Waals surface area contributed by atoms with Crippen molar-refractivity contribution in [2.45, 2.75) is 23.9 Å². The second-order valence-electron chi connectivity index (χ2n) is 8.80. The molecule has 2 heterocycles. The van der Waals surface area contributed by atoms with Crippen molar-refractivity contribution in [2.75, 3.05) is 5.75 Å². The summed E-state index contributed by atoms with van der Waals surface area (Å²) >= 11 is 1.49. The number of esters is 1. The van der Waals surface area contributed by atoms with Crippen LogP contribution in [0.1, 0.15) is 22.8 Å². The third-order valence-corrected chi connectivity index (χ3v) is 7.69. The molecule has 0 radical (unpaired) electrons. The zero-order valence-corrected chi connectivity index (χ0v) is 20.9. The van der Waals surface area contributed by atoms with Crippen LogP contribution in [-0.4, -0.2) is 39.9 Å². The molecule has 0 spiro atoms. The first kappa shape index (κ1) is 24.6. The monoisotopic (exact) mass is 510 g/mol. The number of benzene rings is 3. The van der Waals surface area contributed by atoms with E-state index < -0.39 is 18.1 Å². The Labute approximate surface area is 220 Å². The Morgan fingerprint density at radius 3 is 2.11 bits per heavy atom. The number of nitrogens with one attached hydrogen (secondary N) is 1. The van der Waals surface area contributed by atoms with Gasteiger partial charge in [-0.1, -0.05) is 104 Å². The van der Waals surface area contributed by atoms with E-state index in [4.69, 9.17) is 4.74 Å². The van der Waals surface area contributed by atoms with Crippen molar-refractivity contribution in [3.8, 4) is 0 Å². The lowest BCUT2D eigenvalue weighted by atomic mass is 10.0. The van der Waals surface area contributed by atoms with Gasteiger partial charge in [0.1, 0.15) is 17.1 Å². The van der Waals surface area contributed by atoms with E-state index in [-0.39, 0.29) is 29.3 Å². The smallest absolute Gasteiger partial charge is 0.356 e. The lowest BCUT2D eigenvalue weighted by Gasteiger charge is -2.49. The van der Waals surface area contributed by atoms with Crippen molar-refractivity contribution >= 4 is 29.5 Å². The second kappa shape index (κ2) is 10.9. The number of hydrogen-bond acceptors (Lipinski definition) is 5. The fourth-order valence-corrected chi connectivity index (χ4v) is 5.88. The molecule has 37 heavy (non-hydrogen) atoms. The molecule has 0 bridgehead atoms. The minimum absolute atomic E-state index is 0.181. The Hall–Kier alpha value is -4.10. The van der Waals surface area contributed by atoms with Crippen molar-refractivity contribution in [3.05, 3.63) is 132 Å². The molecule has 6 nitrogen and oxygen atoms in total. The maximum atomic E-state index is 13.6. The van der Waals surface area contributed by atoms with E-state index in [1.165, 1.54) is 16.7 Å². The van der Waals surface area contributed by atoms with Gasteiger partial charge in [0.15, 0.2) is 6.10 Å². The third kappa shape index (κ3) is 5.08. The van der Waals surface area contributed by atoms with Gasteiger partial charge in [0.2, 0.25) is 5.91 Å². The highest BCUT2D eigenvalue weighted by Gasteiger charge is 2.54. The summed E-state index contributed by atoms with van der Waals surface area (Å²) < 4.78 is 6.06. The number of carbonyl (C=O) groups excluding carboxylic acids is 3. The van der Waals surface area contributed by atoms with Crippen LogP contribution in [0.25, 0.3) is 0 Å². The molecule has 5 rings (SSSR count). The van der Waals surface area contributed by atoms with E-state index in [1.54, 1.807) is 6.08 Å². The molecule has 2 aliphatic rings. The number of thioether (sulfide) groups is 1. The maximum Gasteiger partial charge on any atom is 0.356 e. The molecule has 0 saturated carbocycles. The van der Waals surface area contributed by atoms with E-state index in [2.05, 4.69) is 11.9 Å². The number of fused-ring (bicyclic) bond motifs is 1. The van der Waals surface area contributed by atoms with Crippen LogP contribution in [0, 0.1) is 0 Å². The van der Waals surface area contributed by atoms with Gasteiger partial charge >= 0.3 is 5.97 Å². The van der Waals surface area contributed by atoms with Crippen LogP contribution in [0.15, 0.2) is 115 Å². The first-order chi connectivity index (χ1) is 18.1. The van der Waals surface area contributed by atoms with Crippen LogP contribution in [0.4, 0.5) is 0 Å². The predicted octanol–water partition coefficient (Wildman–Crippen LogP) is 4.40. The molecule has 186 valence electrons. The summed E-state index contributed by atoms with van der Waals surface area (Å²) in [6, 6.07) is 27.6. The highest BCUT2D eigenvalue weighted by Crippen LogP contribution is 2.41. The fourth-order valence-electron chi connectivity index (χ4n) is 4.54. The van der Waals surface area contributed by atoms with E-state index in [0.717, 1.165) is 16.7 Å². The van der Waals surface area contributed by atoms with Crippen molar-refractivity contribution in [3.63, 3.8) is 0 Å². The topological polar surface area (TPSA) is 75.7 Å². The number of nitrogens with zero attached hydrogens (tertiary/aromatic N) is 1. The summed E-state index contributed by atoms with van der Waals surface area (Å²) in [5.74, 6) is -0.684. The molecule has 2 aliphatic heterocycles. The number of allylic oxidation sites excluding steroid dienone is 1. The summed E-state index contributed by atoms with van der Waals surface area (Å²) in [5, 5.41) is 2.46. The van der Waals surface area contributed by atoms with Gasteiger partial charge < -0.3 is 10.1 Å². The molecule has 0 aromatic heterocycles. The van der Waals surface area contributed by atoms with Gasteiger partial charge in [-0.3, -0.25) is 14.5 Å². The Morgan fingerprint density at radius 1 is 0.973 bits per heavy atom. The van der Waals surface area contributed by atoms with Crippen molar-refractivity contribution in [2.24, 2.45) is 0 Å². The van der Waals surface area contributed by atoms with Gasteiger partial charge in [0.05, 0.1) is 6.42 Å². The van der Waals surface area contributed by atoms with E-state index in [1.807, 2.05) is 91.0 Å². The van der Waals surface area contributed by atoms with Crippen molar-refractivity contribution in [1.29, 1.82) is 0 Å². The minimum atomic E-state index is -0.700. The third-order valence-electron chi connectivity index (χ3n) is 6.39. The van der Waals surface area contributed by atoms with Crippen molar-refractivity contribution in [1.82, 2.24) is 10.2 Å². The van der Waals surface area contributed by atoms with Gasteiger partial charge in [-0.15, -0.1) is 11.8 Å². The Morgan fingerprint density at radius 2 is 1.54 bits per heavy atom. The molecule has 3 aromatic rings. The fraction of sp³-hybridized carbons (Fsp3) is 0.167. The summed E-state index contributed by atoms with van der Waals surface area (Å²) in [7, 11) is 0. The average molecular weight is 511 g/mol. The normalized spacial score (nSPS) is 18.6. The minimum Gasteiger partial charge on any atom is -0.448 e. The highest BCUT2D eigenvalue weighted by atomic mass is 32.2. The van der Waals surface area contributed by atoms with Gasteiger partial charge in [-0.25, -0.2) is 4.79 Å². The molecule has 0 unspecified atom stereocenters. The summed E-state index contributed by atoms with van der Waals surface area (Å²) in [4.78, 5) is 40.9. The largest absolute Gasteiger partial charge is 0.448 e. The number of ether oxygens (including phenoxy) is 1. The van der Waals surface area contributed by atoms with E-state index in [9.17, 15) is 14.4 Å². The van der Waals surface area contributed by atoms with Gasteiger partial charge in [-0.2, -0.15) is 0 Å². The van der Waals surface area contributed by atoms with Crippen LogP contribution in [0.3, 0.4) is 0 Å². The van der Waals surface area contributed by atoms with Crippen LogP contribution >= 0.6 is 11.8 Å². The average Bonchev–Trinajstić information content (AvgIpc) is 2.95. The molecule has 2 amide bonds. The van der Waals surface area contributed by atoms with Gasteiger partial charge in [-0.05, 0) is 22.3 Å².